The lowest BCUT2D eigenvalue weighted by Crippen LogP contribution is -2.20. The van der Waals surface area contributed by atoms with Crippen molar-refractivity contribution in [3.8, 4) is 5.75 Å². The van der Waals surface area contributed by atoms with Crippen molar-refractivity contribution >= 4 is 22.4 Å². The second-order valence-corrected chi connectivity index (χ2v) is 6.17. The zero-order valence-electron chi connectivity index (χ0n) is 12.9. The highest BCUT2D eigenvalue weighted by atomic mass is 32.1. The fourth-order valence-corrected chi connectivity index (χ4v) is 3.42. The number of carbonyl (C=O) groups excluding carboxylic acids is 1. The van der Waals surface area contributed by atoms with Crippen LogP contribution in [-0.2, 0) is 4.74 Å². The van der Waals surface area contributed by atoms with E-state index in [1.165, 1.54) is 23.5 Å². The molecule has 0 aliphatic carbocycles. The Morgan fingerprint density at radius 3 is 3.17 bits per heavy atom. The first kappa shape index (κ1) is 15.7. The molecular weight excluding hydrogens is 319 g/mol. The van der Waals surface area contributed by atoms with E-state index < -0.39 is 0 Å². The van der Waals surface area contributed by atoms with Gasteiger partial charge in [-0.25, -0.2) is 14.2 Å². The summed E-state index contributed by atoms with van der Waals surface area (Å²) in [5, 5.41) is 3.89. The predicted octanol–water partition coefficient (Wildman–Crippen LogP) is 3.70. The minimum Gasteiger partial charge on any atom is -0.493 e. The van der Waals surface area contributed by atoms with Crippen molar-refractivity contribution in [2.24, 2.45) is 0 Å². The summed E-state index contributed by atoms with van der Waals surface area (Å²) in [5.41, 5.74) is 1.39. The highest BCUT2D eigenvalue weighted by Crippen LogP contribution is 2.36. The first-order valence-electron chi connectivity index (χ1n) is 7.41. The fraction of sp³-hybridized carbons (Fsp3) is 0.375. The SMILES string of the molecule is CCOC(=O)c1sc(NC2CCOc3ccc(F)cc32)nc1C. The highest BCUT2D eigenvalue weighted by Gasteiger charge is 2.24. The van der Waals surface area contributed by atoms with Gasteiger partial charge in [0.25, 0.3) is 0 Å². The van der Waals surface area contributed by atoms with Crippen LogP contribution in [0.1, 0.15) is 40.3 Å². The number of hydrogen-bond acceptors (Lipinski definition) is 6. The first-order valence-corrected chi connectivity index (χ1v) is 8.23. The lowest BCUT2D eigenvalue weighted by molar-refractivity contribution is 0.0531. The number of benzene rings is 1. The van der Waals surface area contributed by atoms with Gasteiger partial charge in [-0.2, -0.15) is 0 Å². The average Bonchev–Trinajstić information content (AvgIpc) is 2.89. The molecule has 1 aromatic heterocycles. The van der Waals surface area contributed by atoms with Gasteiger partial charge in [0, 0.05) is 12.0 Å². The van der Waals surface area contributed by atoms with Crippen molar-refractivity contribution in [3.63, 3.8) is 0 Å². The van der Waals surface area contributed by atoms with Crippen LogP contribution >= 0.6 is 11.3 Å². The van der Waals surface area contributed by atoms with Crippen LogP contribution in [0.5, 0.6) is 5.75 Å². The molecule has 2 aromatic rings. The number of carbonyl (C=O) groups is 1. The number of halogens is 1. The number of fused-ring (bicyclic) bond motifs is 1. The lowest BCUT2D eigenvalue weighted by Gasteiger charge is -2.26. The van der Waals surface area contributed by atoms with Crippen LogP contribution in [-0.4, -0.2) is 24.2 Å². The number of anilines is 1. The number of rotatable bonds is 4. The molecule has 2 heterocycles. The van der Waals surface area contributed by atoms with Gasteiger partial charge in [-0.1, -0.05) is 11.3 Å². The number of aromatic nitrogens is 1. The Bertz CT molecular complexity index is 732. The number of nitrogens with zero attached hydrogens (tertiary/aromatic N) is 1. The molecule has 1 aliphatic heterocycles. The molecule has 1 aromatic carbocycles. The summed E-state index contributed by atoms with van der Waals surface area (Å²) < 4.78 is 24.1. The minimum atomic E-state index is -0.367. The van der Waals surface area contributed by atoms with Crippen LogP contribution in [0.4, 0.5) is 9.52 Å². The third-order valence-corrected chi connectivity index (χ3v) is 4.64. The zero-order chi connectivity index (χ0) is 16.4. The smallest absolute Gasteiger partial charge is 0.350 e. The average molecular weight is 336 g/mol. The minimum absolute atomic E-state index is 0.102. The van der Waals surface area contributed by atoms with Gasteiger partial charge in [0.1, 0.15) is 16.4 Å². The molecule has 1 unspecified atom stereocenters. The van der Waals surface area contributed by atoms with Crippen LogP contribution in [0.3, 0.4) is 0 Å². The van der Waals surface area contributed by atoms with Crippen LogP contribution in [0.15, 0.2) is 18.2 Å². The maximum absolute atomic E-state index is 13.5. The highest BCUT2D eigenvalue weighted by molar-refractivity contribution is 7.17. The fourth-order valence-electron chi connectivity index (χ4n) is 2.51. The standard InChI is InChI=1S/C16H17FN2O3S/c1-3-21-15(20)14-9(2)18-16(23-14)19-12-6-7-22-13-5-4-10(17)8-11(12)13/h4-5,8,12H,3,6-7H2,1-2H3,(H,18,19). The van der Waals surface area contributed by atoms with Crippen molar-refractivity contribution in [1.29, 1.82) is 0 Å². The Kier molecular flexibility index (Phi) is 4.47. The molecular formula is C16H17FN2O3S. The molecule has 5 nitrogen and oxygen atoms in total. The third kappa shape index (κ3) is 3.29. The first-order chi connectivity index (χ1) is 11.1. The summed E-state index contributed by atoms with van der Waals surface area (Å²) in [6, 6.07) is 4.39. The van der Waals surface area contributed by atoms with E-state index in [1.807, 2.05) is 0 Å². The lowest BCUT2D eigenvalue weighted by atomic mass is 10.0. The van der Waals surface area contributed by atoms with E-state index in [4.69, 9.17) is 9.47 Å². The van der Waals surface area contributed by atoms with Crippen LogP contribution in [0.25, 0.3) is 0 Å². The van der Waals surface area contributed by atoms with Gasteiger partial charge >= 0.3 is 5.97 Å². The summed E-state index contributed by atoms with van der Waals surface area (Å²) in [6.07, 6.45) is 0.698. The Balaban J connectivity index is 1.82. The van der Waals surface area contributed by atoms with Crippen LogP contribution in [0.2, 0.25) is 0 Å². The molecule has 0 saturated heterocycles. The third-order valence-electron chi connectivity index (χ3n) is 3.57. The summed E-state index contributed by atoms with van der Waals surface area (Å²) in [7, 11) is 0. The van der Waals surface area contributed by atoms with Crippen LogP contribution < -0.4 is 10.1 Å². The van der Waals surface area contributed by atoms with Gasteiger partial charge in [-0.15, -0.1) is 0 Å². The summed E-state index contributed by atoms with van der Waals surface area (Å²) in [6.45, 7) is 4.41. The molecule has 1 aliphatic rings. The maximum atomic E-state index is 13.5. The van der Waals surface area contributed by atoms with Gasteiger partial charge in [0.05, 0.1) is 24.9 Å². The van der Waals surface area contributed by atoms with Gasteiger partial charge < -0.3 is 14.8 Å². The van der Waals surface area contributed by atoms with E-state index >= 15 is 0 Å². The molecule has 7 heteroatoms. The molecule has 122 valence electrons. The molecule has 1 N–H and O–H groups in total. The van der Waals surface area contributed by atoms with Gasteiger partial charge in [0.2, 0.25) is 0 Å². The number of thiazole rings is 1. The zero-order valence-corrected chi connectivity index (χ0v) is 13.7. The monoisotopic (exact) mass is 336 g/mol. The van der Waals surface area contributed by atoms with E-state index in [0.29, 0.717) is 41.1 Å². The summed E-state index contributed by atoms with van der Waals surface area (Å²) in [4.78, 5) is 16.7. The molecule has 0 spiro atoms. The number of aryl methyl sites for hydroxylation is 1. The van der Waals surface area contributed by atoms with E-state index in [0.717, 1.165) is 5.56 Å². The number of esters is 1. The topological polar surface area (TPSA) is 60.5 Å². The Morgan fingerprint density at radius 2 is 2.39 bits per heavy atom. The largest absolute Gasteiger partial charge is 0.493 e. The van der Waals surface area contributed by atoms with E-state index in [9.17, 15) is 9.18 Å². The van der Waals surface area contributed by atoms with Crippen LogP contribution in [0, 0.1) is 12.7 Å². The molecule has 0 fully saturated rings. The number of hydrogen-bond donors (Lipinski definition) is 1. The second kappa shape index (κ2) is 6.54. The molecule has 0 radical (unpaired) electrons. The van der Waals surface area contributed by atoms with E-state index in [2.05, 4.69) is 10.3 Å². The summed E-state index contributed by atoms with van der Waals surface area (Å²) >= 11 is 1.25. The Labute approximate surface area is 137 Å². The van der Waals surface area contributed by atoms with Gasteiger partial charge in [0.15, 0.2) is 5.13 Å². The Hall–Kier alpha value is -2.15. The molecule has 23 heavy (non-hydrogen) atoms. The van der Waals surface area contributed by atoms with Crippen molar-refractivity contribution in [2.45, 2.75) is 26.3 Å². The van der Waals surface area contributed by atoms with E-state index in [-0.39, 0.29) is 17.8 Å². The summed E-state index contributed by atoms with van der Waals surface area (Å²) in [5.74, 6) is 0.00611. The molecule has 1 atom stereocenters. The van der Waals surface area contributed by atoms with Gasteiger partial charge in [-0.3, -0.25) is 0 Å². The molecule has 0 bridgehead atoms. The molecule has 3 rings (SSSR count). The quantitative estimate of drug-likeness (QED) is 0.863. The maximum Gasteiger partial charge on any atom is 0.350 e. The van der Waals surface area contributed by atoms with Crippen molar-refractivity contribution in [1.82, 2.24) is 4.98 Å². The van der Waals surface area contributed by atoms with Gasteiger partial charge in [-0.05, 0) is 32.0 Å². The Morgan fingerprint density at radius 1 is 1.57 bits per heavy atom. The van der Waals surface area contributed by atoms with E-state index in [1.54, 1.807) is 19.9 Å². The van der Waals surface area contributed by atoms with Crippen molar-refractivity contribution < 1.29 is 18.7 Å². The normalized spacial score (nSPS) is 16.4. The second-order valence-electron chi connectivity index (χ2n) is 5.17. The van der Waals surface area contributed by atoms with Crippen molar-refractivity contribution in [3.05, 3.63) is 40.2 Å². The number of ether oxygens (including phenoxy) is 2. The number of nitrogens with one attached hydrogen (secondary N) is 1. The molecule has 0 saturated carbocycles. The predicted molar refractivity (Wildman–Crippen MR) is 85.7 cm³/mol. The molecule has 0 amide bonds. The van der Waals surface area contributed by atoms with Crippen molar-refractivity contribution in [2.75, 3.05) is 18.5 Å².